The van der Waals surface area contributed by atoms with Crippen LogP contribution in [0.2, 0.25) is 0 Å². The van der Waals surface area contributed by atoms with Gasteiger partial charge in [-0.25, -0.2) is 0 Å². The van der Waals surface area contributed by atoms with E-state index in [1.54, 1.807) is 0 Å². The number of carbonyl (C=O) groups excluding carboxylic acids is 2. The molecule has 0 saturated carbocycles. The lowest BCUT2D eigenvalue weighted by molar-refractivity contribution is -0.272. The molecule has 18 heteroatoms. The van der Waals surface area contributed by atoms with Crippen LogP contribution in [0.4, 0.5) is 0 Å². The molecule has 5 rings (SSSR count). The summed E-state index contributed by atoms with van der Waals surface area (Å²) in [5.74, 6) is -5.45. The van der Waals surface area contributed by atoms with Gasteiger partial charge in [-0.3, -0.25) is 14.4 Å². The van der Waals surface area contributed by atoms with Gasteiger partial charge in [0, 0.05) is 25.5 Å². The van der Waals surface area contributed by atoms with Crippen LogP contribution in [0, 0.1) is 0 Å². The molecule has 2 aliphatic rings. The zero-order chi connectivity index (χ0) is 36.8. The number of methoxy groups -OCH3 is 1. The third kappa shape index (κ3) is 6.80. The van der Waals surface area contributed by atoms with Crippen molar-refractivity contribution < 1.29 is 82.9 Å². The van der Waals surface area contributed by atoms with Crippen molar-refractivity contribution in [3.05, 3.63) is 34.5 Å². The summed E-state index contributed by atoms with van der Waals surface area (Å²) in [5.41, 5.74) is -1.50. The Labute approximate surface area is 282 Å². The number of phenols is 3. The Bertz CT molecular complexity index is 1820. The fourth-order valence-electron chi connectivity index (χ4n) is 5.65. The van der Waals surface area contributed by atoms with Crippen LogP contribution < -0.4 is 19.6 Å². The first-order valence-electron chi connectivity index (χ1n) is 15.2. The summed E-state index contributed by atoms with van der Waals surface area (Å²) in [5, 5.41) is 73.8. The maximum atomic E-state index is 14.1. The number of esters is 2. The van der Waals surface area contributed by atoms with E-state index in [1.165, 1.54) is 19.9 Å². The summed E-state index contributed by atoms with van der Waals surface area (Å²) >= 11 is 0. The zero-order valence-electron chi connectivity index (χ0n) is 27.2. The van der Waals surface area contributed by atoms with Crippen molar-refractivity contribution in [3.8, 4) is 45.8 Å². The highest BCUT2D eigenvalue weighted by molar-refractivity contribution is 5.91. The van der Waals surface area contributed by atoms with Gasteiger partial charge in [0.05, 0.1) is 19.3 Å². The number of aromatic hydroxyl groups is 3. The number of carbonyl (C=O) groups is 2. The quantitative estimate of drug-likeness (QED) is 0.121. The van der Waals surface area contributed by atoms with Crippen molar-refractivity contribution in [1.82, 2.24) is 0 Å². The van der Waals surface area contributed by atoms with Crippen LogP contribution in [0.3, 0.4) is 0 Å². The van der Waals surface area contributed by atoms with Gasteiger partial charge in [-0.1, -0.05) is 0 Å². The molecule has 2 aromatic carbocycles. The van der Waals surface area contributed by atoms with Crippen LogP contribution in [0.5, 0.6) is 34.5 Å². The predicted molar refractivity (Wildman–Crippen MR) is 165 cm³/mol. The number of hydrogen-bond donors (Lipinski definition) is 7. The molecule has 0 unspecified atom stereocenters. The van der Waals surface area contributed by atoms with Crippen molar-refractivity contribution in [3.63, 3.8) is 0 Å². The Kier molecular flexibility index (Phi) is 10.3. The normalized spacial score (nSPS) is 29.6. The molecule has 2 aliphatic heterocycles. The fourth-order valence-corrected chi connectivity index (χ4v) is 5.65. The molecule has 0 amide bonds. The lowest BCUT2D eigenvalue weighted by atomic mass is 9.99. The molecular formula is C32H36O18. The van der Waals surface area contributed by atoms with E-state index in [-0.39, 0.29) is 16.9 Å². The van der Waals surface area contributed by atoms with E-state index in [4.69, 9.17) is 37.6 Å². The van der Waals surface area contributed by atoms with Crippen LogP contribution in [-0.2, 0) is 28.5 Å². The lowest BCUT2D eigenvalue weighted by Gasteiger charge is -2.40. The maximum absolute atomic E-state index is 14.1. The predicted octanol–water partition coefficient (Wildman–Crippen LogP) is 0.140. The first-order chi connectivity index (χ1) is 23.5. The van der Waals surface area contributed by atoms with E-state index in [0.717, 1.165) is 39.2 Å². The number of phenolic OH excluding ortho intramolecular Hbond substituents is 3. The van der Waals surface area contributed by atoms with E-state index in [0.29, 0.717) is 0 Å². The second-order valence-corrected chi connectivity index (χ2v) is 11.7. The molecule has 1 aromatic heterocycles. The molecule has 7 N–H and O–H groups in total. The SMILES string of the molecule is COc1c(O[C@H]2O[C@@H](C)[C@H](O)[C@H](OC(C)=O)[C@@H]2O)cc2oc(-c3ccc(O)c(O)c3)c(O[C@@H]3O[C@@H](C)[C@H](OC(C)=O)[C@H](O)[C@@H]3O)c(=O)c2c1O. The van der Waals surface area contributed by atoms with E-state index in [9.17, 15) is 50.1 Å². The molecule has 272 valence electrons. The second kappa shape index (κ2) is 14.2. The van der Waals surface area contributed by atoms with Gasteiger partial charge in [-0.2, -0.15) is 0 Å². The minimum atomic E-state index is -1.88. The number of benzene rings is 2. The van der Waals surface area contributed by atoms with E-state index >= 15 is 0 Å². The number of fused-ring (bicyclic) bond motifs is 1. The van der Waals surface area contributed by atoms with Crippen LogP contribution in [0.15, 0.2) is 33.5 Å². The Hall–Kier alpha value is -4.85. The Morgan fingerprint density at radius 2 is 1.36 bits per heavy atom. The van der Waals surface area contributed by atoms with Crippen molar-refractivity contribution in [2.75, 3.05) is 7.11 Å². The molecule has 0 spiro atoms. The smallest absolute Gasteiger partial charge is 0.303 e. The monoisotopic (exact) mass is 708 g/mol. The highest BCUT2D eigenvalue weighted by Crippen LogP contribution is 2.46. The van der Waals surface area contributed by atoms with Gasteiger partial charge < -0.3 is 73.3 Å². The second-order valence-electron chi connectivity index (χ2n) is 11.7. The third-order valence-electron chi connectivity index (χ3n) is 8.12. The van der Waals surface area contributed by atoms with Crippen LogP contribution in [-0.4, -0.2) is 116 Å². The summed E-state index contributed by atoms with van der Waals surface area (Å²) in [6.45, 7) is 5.03. The Morgan fingerprint density at radius 3 is 1.98 bits per heavy atom. The van der Waals surface area contributed by atoms with E-state index in [1.807, 2.05) is 0 Å². The van der Waals surface area contributed by atoms with Crippen molar-refractivity contribution in [2.24, 2.45) is 0 Å². The Balaban J connectivity index is 1.63. The third-order valence-corrected chi connectivity index (χ3v) is 8.12. The number of aliphatic hydroxyl groups is 4. The summed E-state index contributed by atoms with van der Waals surface area (Å²) in [7, 11) is 1.13. The molecule has 3 aromatic rings. The molecule has 50 heavy (non-hydrogen) atoms. The molecule has 2 saturated heterocycles. The van der Waals surface area contributed by atoms with E-state index in [2.05, 4.69) is 0 Å². The number of rotatable bonds is 8. The molecule has 0 bridgehead atoms. The number of ether oxygens (including phenoxy) is 7. The molecule has 0 radical (unpaired) electrons. The highest BCUT2D eigenvalue weighted by Gasteiger charge is 2.48. The first kappa shape index (κ1) is 36.4. The number of aliphatic hydroxyl groups excluding tert-OH is 4. The summed E-state index contributed by atoms with van der Waals surface area (Å²) in [4.78, 5) is 37.3. The van der Waals surface area contributed by atoms with Gasteiger partial charge >= 0.3 is 11.9 Å². The summed E-state index contributed by atoms with van der Waals surface area (Å²) in [6, 6.07) is 4.44. The molecule has 18 nitrogen and oxygen atoms in total. The van der Waals surface area contributed by atoms with Gasteiger partial charge in [0.15, 0.2) is 47.1 Å². The number of hydrogen-bond acceptors (Lipinski definition) is 18. The maximum Gasteiger partial charge on any atom is 0.303 e. The minimum absolute atomic E-state index is 0.0539. The summed E-state index contributed by atoms with van der Waals surface area (Å²) in [6.07, 6.45) is -15.0. The van der Waals surface area contributed by atoms with Gasteiger partial charge in [0.1, 0.15) is 29.3 Å². The molecule has 3 heterocycles. The zero-order valence-corrected chi connectivity index (χ0v) is 27.2. The van der Waals surface area contributed by atoms with Crippen LogP contribution >= 0.6 is 0 Å². The molecular weight excluding hydrogens is 672 g/mol. The summed E-state index contributed by atoms with van der Waals surface area (Å²) < 4.78 is 44.3. The average molecular weight is 709 g/mol. The molecule has 2 fully saturated rings. The van der Waals surface area contributed by atoms with Crippen molar-refractivity contribution in [2.45, 2.75) is 89.1 Å². The largest absolute Gasteiger partial charge is 0.504 e. The van der Waals surface area contributed by atoms with Crippen molar-refractivity contribution in [1.29, 1.82) is 0 Å². The molecule has 0 aliphatic carbocycles. The van der Waals surface area contributed by atoms with Crippen LogP contribution in [0.1, 0.15) is 27.7 Å². The van der Waals surface area contributed by atoms with Gasteiger partial charge in [0.25, 0.3) is 0 Å². The average Bonchev–Trinajstić information content (AvgIpc) is 3.04. The standard InChI is InChI=1S/C32H36O18/c1-10-20(37)29(47-13(4)34)25(42)32(44-10)49-18-9-17-19(21(38)28(18)43-5)22(39)30(27(48-17)14-6-7-15(35)16(36)8-14)50-31-24(41)23(40)26(11(2)45-31)46-12(3)33/h6-11,20,23-26,29,31-32,35-38,40-42H,1-5H3/t10-,11-,20-,23+,24-,25-,26-,29-,31-,32+/m0/s1. The minimum Gasteiger partial charge on any atom is -0.504 e. The highest BCUT2D eigenvalue weighted by atomic mass is 16.7. The van der Waals surface area contributed by atoms with Crippen molar-refractivity contribution >= 4 is 22.9 Å². The Morgan fingerprint density at radius 1 is 0.740 bits per heavy atom. The van der Waals surface area contributed by atoms with Crippen LogP contribution in [0.25, 0.3) is 22.3 Å². The van der Waals surface area contributed by atoms with Gasteiger partial charge in [-0.15, -0.1) is 0 Å². The van der Waals surface area contributed by atoms with Gasteiger partial charge in [0.2, 0.25) is 29.5 Å². The van der Waals surface area contributed by atoms with Gasteiger partial charge in [-0.05, 0) is 32.0 Å². The lowest BCUT2D eigenvalue weighted by Crippen LogP contribution is -2.59. The molecule has 10 atom stereocenters. The first-order valence-corrected chi connectivity index (χ1v) is 15.2. The fraction of sp³-hybridized carbons (Fsp3) is 0.469. The topological polar surface area (TPSA) is 271 Å². The van der Waals surface area contributed by atoms with E-state index < -0.39 is 119 Å².